The Morgan fingerprint density at radius 2 is 2.06 bits per heavy atom. The molecule has 0 aliphatic rings. The zero-order valence-corrected chi connectivity index (χ0v) is 9.03. The summed E-state index contributed by atoms with van der Waals surface area (Å²) in [5, 5.41) is 17.7. The van der Waals surface area contributed by atoms with Crippen LogP contribution in [-0.4, -0.2) is 26.9 Å². The second-order valence-corrected chi connectivity index (χ2v) is 3.76. The van der Waals surface area contributed by atoms with E-state index in [1.54, 1.807) is 0 Å². The minimum absolute atomic E-state index is 0.133. The summed E-state index contributed by atoms with van der Waals surface area (Å²) in [6.45, 7) is 1.64. The van der Waals surface area contributed by atoms with E-state index < -0.39 is 29.4 Å². The Hall–Kier alpha value is -1.50. The van der Waals surface area contributed by atoms with E-state index in [0.29, 0.717) is 0 Å². The molecule has 0 aliphatic carbocycles. The molecule has 0 spiro atoms. The molecule has 0 bridgehead atoms. The lowest BCUT2D eigenvalue weighted by Gasteiger charge is -2.05. The van der Waals surface area contributed by atoms with Crippen molar-refractivity contribution in [2.75, 3.05) is 0 Å². The predicted octanol–water partition coefficient (Wildman–Crippen LogP) is 1.98. The molecule has 7 heteroatoms. The molecule has 4 nitrogen and oxygen atoms in total. The summed E-state index contributed by atoms with van der Waals surface area (Å²) in [7, 11) is 0. The smallest absolute Gasteiger partial charge is 0.418 e. The van der Waals surface area contributed by atoms with Gasteiger partial charge in [0.2, 0.25) is 0 Å². The van der Waals surface area contributed by atoms with E-state index in [4.69, 9.17) is 10.2 Å². The molecular formula is C10H12F3NO3. The van der Waals surface area contributed by atoms with E-state index in [9.17, 15) is 18.0 Å². The molecule has 0 saturated carbocycles. The number of aromatic nitrogens is 1. The van der Waals surface area contributed by atoms with E-state index in [1.807, 2.05) is 0 Å². The Balaban J connectivity index is 3.01. The molecule has 0 fully saturated rings. The van der Waals surface area contributed by atoms with Crippen LogP contribution in [0.3, 0.4) is 0 Å². The second kappa shape index (κ2) is 4.79. The molecule has 0 radical (unpaired) electrons. The Labute approximate surface area is 95.3 Å². The van der Waals surface area contributed by atoms with Crippen molar-refractivity contribution in [1.82, 2.24) is 4.57 Å². The van der Waals surface area contributed by atoms with E-state index in [1.165, 1.54) is 6.92 Å². The average molecular weight is 251 g/mol. The lowest BCUT2D eigenvalue weighted by atomic mass is 10.2. The second-order valence-electron chi connectivity index (χ2n) is 3.76. The quantitative estimate of drug-likeness (QED) is 0.860. The van der Waals surface area contributed by atoms with Gasteiger partial charge in [0.1, 0.15) is 0 Å². The third-order valence-corrected chi connectivity index (χ3v) is 2.22. The third-order valence-electron chi connectivity index (χ3n) is 2.22. The van der Waals surface area contributed by atoms with Crippen LogP contribution in [0.4, 0.5) is 13.2 Å². The number of halogens is 3. The normalized spacial score (nSPS) is 13.7. The highest BCUT2D eigenvalue weighted by atomic mass is 19.4. The van der Waals surface area contributed by atoms with Gasteiger partial charge in [-0.3, -0.25) is 0 Å². The summed E-state index contributed by atoms with van der Waals surface area (Å²) in [4.78, 5) is 10.7. The largest absolute Gasteiger partial charge is 0.478 e. The number of carboxylic acid groups (broad SMARTS) is 1. The molecule has 2 N–H and O–H groups in total. The number of hydrogen-bond acceptors (Lipinski definition) is 2. The van der Waals surface area contributed by atoms with Gasteiger partial charge in [0.15, 0.2) is 0 Å². The summed E-state index contributed by atoms with van der Waals surface area (Å²) in [5.41, 5.74) is -1.95. The first-order valence-electron chi connectivity index (χ1n) is 4.90. The molecule has 0 aromatic carbocycles. The maximum absolute atomic E-state index is 12.5. The molecule has 1 unspecified atom stereocenters. The van der Waals surface area contributed by atoms with Crippen molar-refractivity contribution in [3.63, 3.8) is 0 Å². The van der Waals surface area contributed by atoms with Gasteiger partial charge in [-0.05, 0) is 13.3 Å². The highest BCUT2D eigenvalue weighted by Gasteiger charge is 2.36. The molecule has 96 valence electrons. The van der Waals surface area contributed by atoms with Crippen LogP contribution in [0.25, 0.3) is 0 Å². The molecule has 0 saturated heterocycles. The van der Waals surface area contributed by atoms with Crippen molar-refractivity contribution in [1.29, 1.82) is 0 Å². The van der Waals surface area contributed by atoms with Gasteiger partial charge in [0.25, 0.3) is 0 Å². The molecule has 1 rings (SSSR count). The number of aliphatic hydroxyl groups is 1. The van der Waals surface area contributed by atoms with Gasteiger partial charge >= 0.3 is 12.1 Å². The zero-order valence-electron chi connectivity index (χ0n) is 9.03. The van der Waals surface area contributed by atoms with Crippen molar-refractivity contribution in [2.24, 2.45) is 0 Å². The van der Waals surface area contributed by atoms with E-state index >= 15 is 0 Å². The van der Waals surface area contributed by atoms with E-state index in [0.717, 1.165) is 17.0 Å². The molecule has 1 aromatic heterocycles. The molecule has 0 amide bonds. The number of aromatic carboxylic acids is 1. The maximum Gasteiger partial charge on any atom is 0.418 e. The third kappa shape index (κ3) is 3.48. The molecular weight excluding hydrogens is 239 g/mol. The Bertz CT molecular complexity index is 409. The van der Waals surface area contributed by atoms with Gasteiger partial charge in [0, 0.05) is 18.9 Å². The SMILES string of the molecule is CC(O)CCn1cc(C(=O)O)c(C(F)(F)F)c1. The lowest BCUT2D eigenvalue weighted by molar-refractivity contribution is -0.138. The van der Waals surface area contributed by atoms with Crippen LogP contribution < -0.4 is 0 Å². The van der Waals surface area contributed by atoms with Gasteiger partial charge < -0.3 is 14.8 Å². The number of hydrogen-bond donors (Lipinski definition) is 2. The highest BCUT2D eigenvalue weighted by Crippen LogP contribution is 2.32. The number of alkyl halides is 3. The summed E-state index contributed by atoms with van der Waals surface area (Å²) >= 11 is 0. The van der Waals surface area contributed by atoms with Crippen LogP contribution in [-0.2, 0) is 12.7 Å². The lowest BCUT2D eigenvalue weighted by Crippen LogP contribution is -2.09. The topological polar surface area (TPSA) is 62.5 Å². The zero-order chi connectivity index (χ0) is 13.2. The average Bonchev–Trinajstić information content (AvgIpc) is 2.57. The molecule has 1 heterocycles. The van der Waals surface area contributed by atoms with Gasteiger partial charge in [-0.15, -0.1) is 0 Å². The summed E-state index contributed by atoms with van der Waals surface area (Å²) in [6, 6.07) is 0. The first-order valence-corrected chi connectivity index (χ1v) is 4.90. The highest BCUT2D eigenvalue weighted by molar-refractivity contribution is 5.89. The van der Waals surface area contributed by atoms with Crippen molar-refractivity contribution in [3.05, 3.63) is 23.5 Å². The minimum atomic E-state index is -4.69. The molecule has 0 aliphatic heterocycles. The predicted molar refractivity (Wildman–Crippen MR) is 52.7 cm³/mol. The van der Waals surface area contributed by atoms with Crippen LogP contribution in [0, 0.1) is 0 Å². The number of carboxylic acids is 1. The fraction of sp³-hybridized carbons (Fsp3) is 0.500. The summed E-state index contributed by atoms with van der Waals surface area (Å²) in [5.74, 6) is -1.62. The van der Waals surface area contributed by atoms with Crippen LogP contribution in [0.2, 0.25) is 0 Å². The van der Waals surface area contributed by atoms with E-state index in [2.05, 4.69) is 0 Å². The first-order chi connectivity index (χ1) is 7.71. The number of rotatable bonds is 4. The van der Waals surface area contributed by atoms with Crippen LogP contribution in [0.1, 0.15) is 29.3 Å². The van der Waals surface area contributed by atoms with Crippen molar-refractivity contribution < 1.29 is 28.2 Å². The monoisotopic (exact) mass is 251 g/mol. The number of carbonyl (C=O) groups is 1. The maximum atomic E-state index is 12.5. The molecule has 1 aromatic rings. The van der Waals surface area contributed by atoms with Gasteiger partial charge in [-0.1, -0.05) is 0 Å². The Kier molecular flexibility index (Phi) is 3.82. The summed E-state index contributed by atoms with van der Waals surface area (Å²) in [6.07, 6.45) is -3.42. The fourth-order valence-electron chi connectivity index (χ4n) is 1.37. The van der Waals surface area contributed by atoms with Crippen LogP contribution in [0.5, 0.6) is 0 Å². The summed E-state index contributed by atoms with van der Waals surface area (Å²) < 4.78 is 38.6. The van der Waals surface area contributed by atoms with Gasteiger partial charge in [-0.25, -0.2) is 4.79 Å². The van der Waals surface area contributed by atoms with Crippen LogP contribution >= 0.6 is 0 Å². The minimum Gasteiger partial charge on any atom is -0.478 e. The first kappa shape index (κ1) is 13.6. The number of aliphatic hydroxyl groups excluding tert-OH is 1. The standard InChI is InChI=1S/C10H12F3NO3/c1-6(15)2-3-14-4-7(9(16)17)8(5-14)10(11,12)13/h4-6,15H,2-3H2,1H3,(H,16,17). The van der Waals surface area contributed by atoms with Crippen LogP contribution in [0.15, 0.2) is 12.4 Å². The fourth-order valence-corrected chi connectivity index (χ4v) is 1.37. The Morgan fingerprint density at radius 1 is 1.47 bits per heavy atom. The van der Waals surface area contributed by atoms with Gasteiger partial charge in [0.05, 0.1) is 17.2 Å². The van der Waals surface area contributed by atoms with Crippen molar-refractivity contribution in [2.45, 2.75) is 32.2 Å². The molecule has 17 heavy (non-hydrogen) atoms. The van der Waals surface area contributed by atoms with Crippen molar-refractivity contribution >= 4 is 5.97 Å². The Morgan fingerprint density at radius 3 is 2.41 bits per heavy atom. The number of aryl methyl sites for hydroxylation is 1. The molecule has 1 atom stereocenters. The van der Waals surface area contributed by atoms with E-state index in [-0.39, 0.29) is 13.0 Å². The number of nitrogens with zero attached hydrogens (tertiary/aromatic N) is 1. The van der Waals surface area contributed by atoms with Gasteiger partial charge in [-0.2, -0.15) is 13.2 Å². The van der Waals surface area contributed by atoms with Crippen molar-refractivity contribution in [3.8, 4) is 0 Å².